The first-order chi connectivity index (χ1) is 10.6. The normalized spacial score (nSPS) is 24.2. The molecule has 0 radical (unpaired) electrons. The summed E-state index contributed by atoms with van der Waals surface area (Å²) in [5, 5.41) is 3.33. The number of ether oxygens (including phenoxy) is 2. The van der Waals surface area contributed by atoms with Crippen molar-refractivity contribution >= 4 is 22.6 Å². The van der Waals surface area contributed by atoms with Crippen molar-refractivity contribution in [3.63, 3.8) is 0 Å². The molecule has 0 spiro atoms. The number of alkyl halides is 1. The molecule has 2 rings (SSSR count). The first-order valence-electron chi connectivity index (χ1n) is 6.49. The summed E-state index contributed by atoms with van der Waals surface area (Å²) in [7, 11) is 0. The molecule has 11 heteroatoms. The minimum Gasteiger partial charge on any atom is -0.369 e. The minimum atomic E-state index is -0.564. The zero-order valence-corrected chi connectivity index (χ0v) is 13.7. The van der Waals surface area contributed by atoms with E-state index >= 15 is 0 Å². The largest absolute Gasteiger partial charge is 0.369 e. The molecule has 1 aliphatic rings. The van der Waals surface area contributed by atoms with Crippen LogP contribution in [-0.4, -0.2) is 32.9 Å². The molecule has 0 aliphatic carbocycles. The number of nitrogens with one attached hydrogen (secondary N) is 1. The number of aromatic nitrogens is 2. The van der Waals surface area contributed by atoms with Gasteiger partial charge < -0.3 is 15.2 Å². The van der Waals surface area contributed by atoms with Gasteiger partial charge in [-0.3, -0.25) is 14.3 Å². The van der Waals surface area contributed by atoms with Crippen molar-refractivity contribution in [1.29, 1.82) is 0 Å². The van der Waals surface area contributed by atoms with E-state index in [9.17, 15) is 9.59 Å². The van der Waals surface area contributed by atoms with Gasteiger partial charge in [0.15, 0.2) is 0 Å². The van der Waals surface area contributed by atoms with Gasteiger partial charge in [-0.1, -0.05) is 27.7 Å². The summed E-state index contributed by atoms with van der Waals surface area (Å²) in [4.78, 5) is 28.3. The molecule has 0 aromatic carbocycles. The molecule has 3 N–H and O–H groups in total. The molecule has 22 heavy (non-hydrogen) atoms. The van der Waals surface area contributed by atoms with Crippen LogP contribution in [0.5, 0.6) is 0 Å². The van der Waals surface area contributed by atoms with Crippen molar-refractivity contribution in [2.24, 2.45) is 10.8 Å². The molecule has 0 bridgehead atoms. The van der Waals surface area contributed by atoms with E-state index < -0.39 is 17.5 Å². The molecule has 0 saturated carbocycles. The summed E-state index contributed by atoms with van der Waals surface area (Å²) in [5.41, 5.74) is 13.0. The van der Waals surface area contributed by atoms with E-state index in [-0.39, 0.29) is 25.5 Å². The number of hydrogen-bond acceptors (Lipinski definition) is 6. The first kappa shape index (κ1) is 17.0. The maximum Gasteiger partial charge on any atom is 0.330 e. The van der Waals surface area contributed by atoms with Crippen molar-refractivity contribution in [2.75, 3.05) is 11.2 Å². The number of H-pyrrole nitrogens is 1. The molecule has 1 saturated heterocycles. The van der Waals surface area contributed by atoms with Gasteiger partial charge >= 0.3 is 5.69 Å². The topological polar surface area (TPSA) is 148 Å². The summed E-state index contributed by atoms with van der Waals surface area (Å²) in [5.74, 6) is 0. The van der Waals surface area contributed by atoms with Crippen molar-refractivity contribution < 1.29 is 9.47 Å². The lowest BCUT2D eigenvalue weighted by Gasteiger charge is -2.15. The smallest absolute Gasteiger partial charge is 0.330 e. The Hall–Kier alpha value is -1.40. The third-order valence-electron chi connectivity index (χ3n) is 3.31. The summed E-state index contributed by atoms with van der Waals surface area (Å²) in [6.45, 7) is -0.0756. The van der Waals surface area contributed by atoms with Gasteiger partial charge in [0, 0.05) is 34.1 Å². The Kier molecular flexibility index (Phi) is 5.97. The molecular weight excluding hydrogens is 407 g/mol. The number of halogens is 1. The van der Waals surface area contributed by atoms with Crippen LogP contribution in [0.25, 0.3) is 10.4 Å². The summed E-state index contributed by atoms with van der Waals surface area (Å²) < 4.78 is 13.2. The molecule has 1 fully saturated rings. The predicted octanol–water partition coefficient (Wildman–Crippen LogP) is 0.371. The fourth-order valence-corrected chi connectivity index (χ4v) is 3.00. The quantitative estimate of drug-likeness (QED) is 0.223. The maximum absolute atomic E-state index is 11.9. The van der Waals surface area contributed by atoms with Crippen LogP contribution in [0, 0.1) is 0 Å². The molecule has 1 aromatic heterocycles. The van der Waals surface area contributed by atoms with Gasteiger partial charge in [0.1, 0.15) is 13.0 Å². The van der Waals surface area contributed by atoms with Crippen LogP contribution >= 0.6 is 22.6 Å². The van der Waals surface area contributed by atoms with Crippen LogP contribution in [0.2, 0.25) is 0 Å². The molecule has 0 amide bonds. The van der Waals surface area contributed by atoms with Crippen molar-refractivity contribution in [3.05, 3.63) is 43.0 Å². The highest BCUT2D eigenvalue weighted by molar-refractivity contribution is 14.1. The van der Waals surface area contributed by atoms with Gasteiger partial charge in [-0.05, 0) is 5.53 Å². The van der Waals surface area contributed by atoms with E-state index in [1.165, 1.54) is 10.8 Å². The lowest BCUT2D eigenvalue weighted by molar-refractivity contribution is -0.0244. The fraction of sp³-hybridized carbons (Fsp3) is 0.636. The lowest BCUT2D eigenvalue weighted by Crippen LogP contribution is -2.34. The standard InChI is InChI=1S/C11H15IN6O4/c12-2-8-7(21-5-15-17-14)1-9(22-8)18-4-6(3-13)10(19)16-11(18)20/h4,7-9H,1-3,5,13H2,(H,16,19,20). The van der Waals surface area contributed by atoms with Crippen LogP contribution in [0.15, 0.2) is 20.9 Å². The third kappa shape index (κ3) is 3.67. The summed E-state index contributed by atoms with van der Waals surface area (Å²) in [6.07, 6.45) is 0.717. The minimum absolute atomic E-state index is 0.0227. The summed E-state index contributed by atoms with van der Waals surface area (Å²) >= 11 is 2.15. The van der Waals surface area contributed by atoms with Crippen LogP contribution < -0.4 is 17.0 Å². The van der Waals surface area contributed by atoms with Crippen LogP contribution in [0.1, 0.15) is 18.2 Å². The Morgan fingerprint density at radius 3 is 3.05 bits per heavy atom. The Labute approximate surface area is 138 Å². The Balaban J connectivity index is 2.21. The Morgan fingerprint density at radius 1 is 1.64 bits per heavy atom. The number of rotatable bonds is 6. The monoisotopic (exact) mass is 422 g/mol. The second-order valence-electron chi connectivity index (χ2n) is 4.61. The molecule has 10 nitrogen and oxygen atoms in total. The van der Waals surface area contributed by atoms with Gasteiger partial charge in [0.25, 0.3) is 5.56 Å². The van der Waals surface area contributed by atoms with Crippen molar-refractivity contribution in [3.8, 4) is 0 Å². The third-order valence-corrected chi connectivity index (χ3v) is 4.18. The number of aromatic amines is 1. The van der Waals surface area contributed by atoms with E-state index in [0.29, 0.717) is 16.4 Å². The van der Waals surface area contributed by atoms with E-state index in [2.05, 4.69) is 37.6 Å². The fourth-order valence-electron chi connectivity index (χ4n) is 2.23. The van der Waals surface area contributed by atoms with Gasteiger partial charge in [0.2, 0.25) is 0 Å². The van der Waals surface area contributed by atoms with E-state index in [1.807, 2.05) is 0 Å². The first-order valence-corrected chi connectivity index (χ1v) is 8.01. The Morgan fingerprint density at radius 2 is 2.41 bits per heavy atom. The summed E-state index contributed by atoms with van der Waals surface area (Å²) in [6, 6.07) is 0. The van der Waals surface area contributed by atoms with Crippen molar-refractivity contribution in [2.45, 2.75) is 31.4 Å². The molecule has 3 unspecified atom stereocenters. The second-order valence-corrected chi connectivity index (χ2v) is 5.49. The molecule has 1 aliphatic heterocycles. The van der Waals surface area contributed by atoms with Crippen molar-refractivity contribution in [1.82, 2.24) is 9.55 Å². The zero-order chi connectivity index (χ0) is 16.1. The molecule has 3 atom stereocenters. The van der Waals surface area contributed by atoms with E-state index in [0.717, 1.165) is 0 Å². The lowest BCUT2D eigenvalue weighted by atomic mass is 10.2. The van der Waals surface area contributed by atoms with Gasteiger partial charge in [-0.25, -0.2) is 4.79 Å². The SMILES string of the molecule is [N-]=[N+]=NCOC1CC(n2cc(CN)c(=O)[nH]c2=O)OC1CI. The highest BCUT2D eigenvalue weighted by Gasteiger charge is 2.36. The maximum atomic E-state index is 11.9. The Bertz CT molecular complexity index is 682. The highest BCUT2D eigenvalue weighted by atomic mass is 127. The molecular formula is C11H15IN6O4. The average Bonchev–Trinajstić information content (AvgIpc) is 2.91. The van der Waals surface area contributed by atoms with Crippen LogP contribution in [-0.2, 0) is 16.0 Å². The molecule has 1 aromatic rings. The number of nitrogens with two attached hydrogens (primary N) is 1. The van der Waals surface area contributed by atoms with Gasteiger partial charge in [-0.2, -0.15) is 0 Å². The van der Waals surface area contributed by atoms with E-state index in [1.54, 1.807) is 0 Å². The van der Waals surface area contributed by atoms with Gasteiger partial charge in [0.05, 0.1) is 12.2 Å². The second kappa shape index (κ2) is 7.74. The number of hydrogen-bond donors (Lipinski definition) is 2. The number of azide groups is 1. The predicted molar refractivity (Wildman–Crippen MR) is 85.5 cm³/mol. The van der Waals surface area contributed by atoms with Gasteiger partial charge in [-0.15, -0.1) is 0 Å². The number of nitrogens with zero attached hydrogens (tertiary/aromatic N) is 4. The average molecular weight is 422 g/mol. The highest BCUT2D eigenvalue weighted by Crippen LogP contribution is 2.30. The van der Waals surface area contributed by atoms with Crippen LogP contribution in [0.4, 0.5) is 0 Å². The molecule has 120 valence electrons. The van der Waals surface area contributed by atoms with E-state index in [4.69, 9.17) is 20.7 Å². The van der Waals surface area contributed by atoms with Crippen LogP contribution in [0.3, 0.4) is 0 Å². The molecule has 2 heterocycles. The zero-order valence-electron chi connectivity index (χ0n) is 11.5.